The van der Waals surface area contributed by atoms with Gasteiger partial charge in [0, 0.05) is 38.4 Å². The molecule has 1 saturated carbocycles. The van der Waals surface area contributed by atoms with Crippen molar-refractivity contribution >= 4 is 5.95 Å². The lowest BCUT2D eigenvalue weighted by molar-refractivity contribution is 0.0398. The highest BCUT2D eigenvalue weighted by Crippen LogP contribution is 2.37. The summed E-state index contributed by atoms with van der Waals surface area (Å²) in [6, 6.07) is 0.692. The van der Waals surface area contributed by atoms with Crippen molar-refractivity contribution in [3.05, 3.63) is 11.9 Å². The topological polar surface area (TPSA) is 42.3 Å². The largest absolute Gasteiger partial charge is 0.379 e. The molecule has 0 atom stereocenters. The first-order valence-corrected chi connectivity index (χ1v) is 6.92. The van der Waals surface area contributed by atoms with E-state index in [1.807, 2.05) is 0 Å². The van der Waals surface area contributed by atoms with Crippen LogP contribution in [0.2, 0.25) is 0 Å². The monoisotopic (exact) mass is 250 g/mol. The fraction of sp³-hybridized carbons (Fsp3) is 0.769. The van der Waals surface area contributed by atoms with Gasteiger partial charge < -0.3 is 14.6 Å². The maximum absolute atomic E-state index is 5.35. The van der Waals surface area contributed by atoms with E-state index in [1.165, 1.54) is 12.8 Å². The first kappa shape index (κ1) is 12.0. The molecule has 1 saturated heterocycles. The highest BCUT2D eigenvalue weighted by atomic mass is 16.5. The molecule has 0 spiro atoms. The van der Waals surface area contributed by atoms with Crippen LogP contribution in [-0.4, -0.2) is 53.8 Å². The molecule has 0 unspecified atom stereocenters. The van der Waals surface area contributed by atoms with E-state index in [2.05, 4.69) is 32.9 Å². The second-order valence-electron chi connectivity index (χ2n) is 5.23. The lowest BCUT2D eigenvalue weighted by Crippen LogP contribution is -2.39. The zero-order valence-electron chi connectivity index (χ0n) is 11.1. The second kappa shape index (κ2) is 5.28. The summed E-state index contributed by atoms with van der Waals surface area (Å²) in [5, 5.41) is 3.47. The van der Waals surface area contributed by atoms with Gasteiger partial charge in [0.1, 0.15) is 0 Å². The van der Waals surface area contributed by atoms with E-state index in [-0.39, 0.29) is 0 Å². The summed E-state index contributed by atoms with van der Waals surface area (Å²) in [7, 11) is 0. The van der Waals surface area contributed by atoms with Gasteiger partial charge in [0.2, 0.25) is 5.95 Å². The van der Waals surface area contributed by atoms with Crippen molar-refractivity contribution in [3.8, 4) is 0 Å². The van der Waals surface area contributed by atoms with Gasteiger partial charge in [-0.25, -0.2) is 4.98 Å². The molecular formula is C13H22N4O. The van der Waals surface area contributed by atoms with Crippen LogP contribution in [0.4, 0.5) is 5.95 Å². The molecule has 1 aromatic rings. The quantitative estimate of drug-likeness (QED) is 0.854. The molecule has 1 N–H and O–H groups in total. The third kappa shape index (κ3) is 2.84. The van der Waals surface area contributed by atoms with Gasteiger partial charge in [-0.1, -0.05) is 0 Å². The smallest absolute Gasteiger partial charge is 0.203 e. The summed E-state index contributed by atoms with van der Waals surface area (Å²) in [4.78, 5) is 7.00. The Bertz CT molecular complexity index is 394. The fourth-order valence-electron chi connectivity index (χ4n) is 2.43. The summed E-state index contributed by atoms with van der Waals surface area (Å²) in [6.45, 7) is 7.94. The molecule has 0 bridgehead atoms. The van der Waals surface area contributed by atoms with Crippen molar-refractivity contribution < 1.29 is 4.74 Å². The number of aromatic nitrogens is 2. The van der Waals surface area contributed by atoms with E-state index in [1.54, 1.807) is 0 Å². The van der Waals surface area contributed by atoms with Crippen molar-refractivity contribution in [1.29, 1.82) is 0 Å². The van der Waals surface area contributed by atoms with Crippen LogP contribution in [0, 0.1) is 6.92 Å². The molecule has 18 heavy (non-hydrogen) atoms. The van der Waals surface area contributed by atoms with Gasteiger partial charge in [-0.2, -0.15) is 0 Å². The van der Waals surface area contributed by atoms with Crippen LogP contribution in [0.25, 0.3) is 0 Å². The number of nitrogens with one attached hydrogen (secondary N) is 1. The maximum Gasteiger partial charge on any atom is 0.203 e. The minimum absolute atomic E-state index is 0.692. The maximum atomic E-state index is 5.35. The average Bonchev–Trinajstić information content (AvgIpc) is 3.15. The summed E-state index contributed by atoms with van der Waals surface area (Å²) < 4.78 is 7.65. The predicted molar refractivity (Wildman–Crippen MR) is 71.0 cm³/mol. The SMILES string of the molecule is Cc1cn(C2CC2)c(NCCN2CCOCC2)n1. The van der Waals surface area contributed by atoms with Gasteiger partial charge in [-0.15, -0.1) is 0 Å². The average molecular weight is 250 g/mol. The standard InChI is InChI=1S/C13H22N4O/c1-11-10-17(12-2-3-12)13(15-11)14-4-5-16-6-8-18-9-7-16/h10,12H,2-9H2,1H3,(H,14,15). The molecule has 1 aromatic heterocycles. The lowest BCUT2D eigenvalue weighted by Gasteiger charge is -2.26. The molecular weight excluding hydrogens is 228 g/mol. The van der Waals surface area contributed by atoms with E-state index >= 15 is 0 Å². The molecule has 5 heteroatoms. The van der Waals surface area contributed by atoms with Crippen LogP contribution >= 0.6 is 0 Å². The summed E-state index contributed by atoms with van der Waals surface area (Å²) >= 11 is 0. The number of hydrogen-bond acceptors (Lipinski definition) is 4. The van der Waals surface area contributed by atoms with Crippen molar-refractivity contribution in [2.45, 2.75) is 25.8 Å². The Labute approximate surface area is 108 Å². The Morgan fingerprint density at radius 3 is 2.89 bits per heavy atom. The number of anilines is 1. The van der Waals surface area contributed by atoms with E-state index < -0.39 is 0 Å². The zero-order chi connectivity index (χ0) is 12.4. The third-order valence-electron chi connectivity index (χ3n) is 3.61. The number of ether oxygens (including phenoxy) is 1. The van der Waals surface area contributed by atoms with Gasteiger partial charge in [0.25, 0.3) is 0 Å². The van der Waals surface area contributed by atoms with E-state index in [0.717, 1.165) is 51.0 Å². The predicted octanol–water partition coefficient (Wildman–Crippen LogP) is 1.27. The van der Waals surface area contributed by atoms with Crippen LogP contribution in [-0.2, 0) is 4.74 Å². The lowest BCUT2D eigenvalue weighted by atomic mass is 10.4. The Hall–Kier alpha value is -1.07. The molecule has 100 valence electrons. The van der Waals surface area contributed by atoms with E-state index in [9.17, 15) is 0 Å². The van der Waals surface area contributed by atoms with Crippen LogP contribution in [0.5, 0.6) is 0 Å². The normalized spacial score (nSPS) is 21.2. The highest BCUT2D eigenvalue weighted by Gasteiger charge is 2.26. The van der Waals surface area contributed by atoms with Crippen molar-refractivity contribution in [2.75, 3.05) is 44.7 Å². The van der Waals surface area contributed by atoms with Crippen LogP contribution in [0.3, 0.4) is 0 Å². The first-order chi connectivity index (χ1) is 8.83. The van der Waals surface area contributed by atoms with Gasteiger partial charge in [-0.3, -0.25) is 4.90 Å². The Morgan fingerprint density at radius 1 is 1.39 bits per heavy atom. The van der Waals surface area contributed by atoms with Crippen LogP contribution < -0.4 is 5.32 Å². The molecule has 2 fully saturated rings. The van der Waals surface area contributed by atoms with E-state index in [4.69, 9.17) is 4.74 Å². The third-order valence-corrected chi connectivity index (χ3v) is 3.61. The number of imidazole rings is 1. The molecule has 2 aliphatic rings. The molecule has 5 nitrogen and oxygen atoms in total. The summed E-state index contributed by atoms with van der Waals surface area (Å²) in [6.07, 6.45) is 4.76. The molecule has 0 aromatic carbocycles. The van der Waals surface area contributed by atoms with Gasteiger partial charge in [0.05, 0.1) is 18.9 Å². The number of hydrogen-bond donors (Lipinski definition) is 1. The minimum atomic E-state index is 0.692. The molecule has 2 heterocycles. The van der Waals surface area contributed by atoms with Crippen molar-refractivity contribution in [2.24, 2.45) is 0 Å². The Kier molecular flexibility index (Phi) is 3.52. The number of morpholine rings is 1. The van der Waals surface area contributed by atoms with Crippen LogP contribution in [0.15, 0.2) is 6.20 Å². The number of nitrogens with zero attached hydrogens (tertiary/aromatic N) is 3. The first-order valence-electron chi connectivity index (χ1n) is 6.92. The fourth-order valence-corrected chi connectivity index (χ4v) is 2.43. The Morgan fingerprint density at radius 2 is 2.17 bits per heavy atom. The number of aryl methyl sites for hydroxylation is 1. The van der Waals surface area contributed by atoms with Gasteiger partial charge >= 0.3 is 0 Å². The van der Waals surface area contributed by atoms with Crippen molar-refractivity contribution in [1.82, 2.24) is 14.5 Å². The Balaban J connectivity index is 1.50. The molecule has 1 aliphatic heterocycles. The van der Waals surface area contributed by atoms with Gasteiger partial charge in [0.15, 0.2) is 0 Å². The molecule has 0 amide bonds. The molecule has 0 radical (unpaired) electrons. The molecule has 1 aliphatic carbocycles. The number of rotatable bonds is 5. The van der Waals surface area contributed by atoms with Crippen molar-refractivity contribution in [3.63, 3.8) is 0 Å². The summed E-state index contributed by atoms with van der Waals surface area (Å²) in [5.41, 5.74) is 1.11. The summed E-state index contributed by atoms with van der Waals surface area (Å²) in [5.74, 6) is 1.04. The van der Waals surface area contributed by atoms with Crippen LogP contribution in [0.1, 0.15) is 24.6 Å². The van der Waals surface area contributed by atoms with E-state index in [0.29, 0.717) is 6.04 Å². The minimum Gasteiger partial charge on any atom is -0.379 e. The molecule has 3 rings (SSSR count). The highest BCUT2D eigenvalue weighted by molar-refractivity contribution is 5.30. The zero-order valence-corrected chi connectivity index (χ0v) is 11.1. The van der Waals surface area contributed by atoms with Gasteiger partial charge in [-0.05, 0) is 19.8 Å². The second-order valence-corrected chi connectivity index (χ2v) is 5.23.